The SMILES string of the molecule is O=C(O)C(C[N+]([O-])=NO)c1ccccc1. The number of hydrogen-bond donors (Lipinski definition) is 2. The van der Waals surface area contributed by atoms with Crippen molar-refractivity contribution < 1.29 is 20.0 Å². The second kappa shape index (κ2) is 4.94. The normalized spacial score (nSPS) is 13.5. The van der Waals surface area contributed by atoms with Gasteiger partial charge in [-0.05, 0) is 5.56 Å². The van der Waals surface area contributed by atoms with Crippen molar-refractivity contribution in [1.82, 2.24) is 0 Å². The summed E-state index contributed by atoms with van der Waals surface area (Å²) >= 11 is 0. The zero-order valence-electron chi connectivity index (χ0n) is 7.78. The molecule has 6 heteroatoms. The summed E-state index contributed by atoms with van der Waals surface area (Å²) in [5.41, 5.74) is 0.495. The molecular formula is C9H10N2O4. The van der Waals surface area contributed by atoms with Gasteiger partial charge in [-0.25, -0.2) is 0 Å². The van der Waals surface area contributed by atoms with Gasteiger partial charge in [0.25, 0.3) is 0 Å². The Kier molecular flexibility index (Phi) is 3.61. The van der Waals surface area contributed by atoms with Gasteiger partial charge in [0.2, 0.25) is 6.54 Å². The molecular weight excluding hydrogens is 200 g/mol. The number of hydrogen-bond acceptors (Lipinski definition) is 3. The number of rotatable bonds is 4. The molecule has 0 amide bonds. The topological polar surface area (TPSA) is 96.0 Å². The smallest absolute Gasteiger partial charge is 0.317 e. The first-order chi connectivity index (χ1) is 7.15. The Balaban J connectivity index is 2.89. The van der Waals surface area contributed by atoms with Crippen molar-refractivity contribution in [3.63, 3.8) is 0 Å². The number of hydroxylamine groups is 1. The van der Waals surface area contributed by atoms with Crippen LogP contribution in [-0.2, 0) is 4.79 Å². The van der Waals surface area contributed by atoms with Gasteiger partial charge in [0.05, 0.1) is 0 Å². The number of carboxylic acids is 1. The maximum absolute atomic E-state index is 10.9. The van der Waals surface area contributed by atoms with Crippen LogP contribution in [-0.4, -0.2) is 27.7 Å². The van der Waals surface area contributed by atoms with Crippen molar-refractivity contribution >= 4 is 5.97 Å². The molecule has 0 fully saturated rings. The first-order valence-corrected chi connectivity index (χ1v) is 4.22. The molecule has 1 aromatic carbocycles. The lowest BCUT2D eigenvalue weighted by Gasteiger charge is -2.09. The second-order valence-corrected chi connectivity index (χ2v) is 2.93. The Bertz CT molecular complexity index is 364. The lowest BCUT2D eigenvalue weighted by molar-refractivity contribution is -0.556. The van der Waals surface area contributed by atoms with Crippen LogP contribution in [0.5, 0.6) is 0 Å². The summed E-state index contributed by atoms with van der Waals surface area (Å²) in [6.45, 7) is -0.421. The highest BCUT2D eigenvalue weighted by Crippen LogP contribution is 2.15. The van der Waals surface area contributed by atoms with Crippen LogP contribution in [0.4, 0.5) is 0 Å². The summed E-state index contributed by atoms with van der Waals surface area (Å²) < 4.78 is 0. The fourth-order valence-electron chi connectivity index (χ4n) is 1.20. The molecule has 0 bridgehead atoms. The number of carboxylic acid groups (broad SMARTS) is 1. The molecule has 6 nitrogen and oxygen atoms in total. The van der Waals surface area contributed by atoms with Crippen molar-refractivity contribution in [3.05, 3.63) is 41.1 Å². The van der Waals surface area contributed by atoms with Crippen molar-refractivity contribution in [2.75, 3.05) is 6.54 Å². The molecule has 0 aliphatic heterocycles. The van der Waals surface area contributed by atoms with Gasteiger partial charge in [-0.15, -0.1) is 0 Å². The third kappa shape index (κ3) is 2.94. The number of nitrogens with zero attached hydrogens (tertiary/aromatic N) is 2. The van der Waals surface area contributed by atoms with Crippen molar-refractivity contribution in [2.45, 2.75) is 5.92 Å². The summed E-state index contributed by atoms with van der Waals surface area (Å²) in [6, 6.07) is 8.30. The van der Waals surface area contributed by atoms with Crippen LogP contribution >= 0.6 is 0 Å². The van der Waals surface area contributed by atoms with E-state index in [-0.39, 0.29) is 4.86 Å². The predicted octanol–water partition coefficient (Wildman–Crippen LogP) is 1.21. The molecule has 1 atom stereocenters. The summed E-state index contributed by atoms with van der Waals surface area (Å²) in [4.78, 5) is 10.8. The van der Waals surface area contributed by atoms with Crippen LogP contribution in [0.15, 0.2) is 35.6 Å². The van der Waals surface area contributed by atoms with E-state index in [9.17, 15) is 10.0 Å². The molecule has 0 aliphatic carbocycles. The van der Waals surface area contributed by atoms with E-state index in [0.29, 0.717) is 5.56 Å². The minimum atomic E-state index is -1.13. The van der Waals surface area contributed by atoms with E-state index < -0.39 is 18.4 Å². The van der Waals surface area contributed by atoms with E-state index in [1.165, 1.54) is 0 Å². The third-order valence-electron chi connectivity index (χ3n) is 1.94. The van der Waals surface area contributed by atoms with Gasteiger partial charge in [-0.2, -0.15) is 0 Å². The number of benzene rings is 1. The molecule has 80 valence electrons. The Morgan fingerprint density at radius 2 is 2.07 bits per heavy atom. The van der Waals surface area contributed by atoms with Gasteiger partial charge in [0.1, 0.15) is 5.92 Å². The van der Waals surface area contributed by atoms with Gasteiger partial charge in [0.15, 0.2) is 5.28 Å². The highest BCUT2D eigenvalue weighted by atomic mass is 16.6. The summed E-state index contributed by atoms with van der Waals surface area (Å²) in [5.74, 6) is -2.13. The van der Waals surface area contributed by atoms with E-state index in [0.717, 1.165) is 0 Å². The van der Waals surface area contributed by atoms with Crippen molar-refractivity contribution in [1.29, 1.82) is 0 Å². The molecule has 1 aromatic rings. The Labute approximate surface area is 85.6 Å². The van der Waals surface area contributed by atoms with E-state index in [2.05, 4.69) is 5.28 Å². The predicted molar refractivity (Wildman–Crippen MR) is 49.5 cm³/mol. The van der Waals surface area contributed by atoms with E-state index in [1.54, 1.807) is 30.3 Å². The highest BCUT2D eigenvalue weighted by Gasteiger charge is 2.24. The Hall–Kier alpha value is -2.11. The molecule has 1 rings (SSSR count). The molecule has 1 unspecified atom stereocenters. The summed E-state index contributed by atoms with van der Waals surface area (Å²) in [7, 11) is 0. The van der Waals surface area contributed by atoms with Crippen LogP contribution in [0, 0.1) is 5.21 Å². The van der Waals surface area contributed by atoms with Crippen LogP contribution in [0.1, 0.15) is 11.5 Å². The van der Waals surface area contributed by atoms with E-state index >= 15 is 0 Å². The first-order valence-electron chi connectivity index (χ1n) is 4.22. The Morgan fingerprint density at radius 1 is 1.47 bits per heavy atom. The lowest BCUT2D eigenvalue weighted by Crippen LogP contribution is -2.21. The molecule has 15 heavy (non-hydrogen) atoms. The number of carbonyl (C=O) groups is 1. The molecule has 0 aliphatic rings. The van der Waals surface area contributed by atoms with Gasteiger partial charge in [-0.1, -0.05) is 35.2 Å². The average Bonchev–Trinajstić information content (AvgIpc) is 2.26. The standard InChI is InChI=1S/C9H10N2O4/c12-9(13)8(6-11(15)10-14)7-4-2-1-3-5-7/h1-5,8,14H,6H2,(H,12,13). The monoisotopic (exact) mass is 210 g/mol. The fraction of sp³-hybridized carbons (Fsp3) is 0.222. The molecule has 0 spiro atoms. The van der Waals surface area contributed by atoms with Crippen LogP contribution in [0.25, 0.3) is 0 Å². The molecule has 2 N–H and O–H groups in total. The fourth-order valence-corrected chi connectivity index (χ4v) is 1.20. The first kappa shape index (κ1) is 11.0. The molecule has 0 saturated heterocycles. The largest absolute Gasteiger partial charge is 0.597 e. The molecule has 0 heterocycles. The summed E-state index contributed by atoms with van der Waals surface area (Å²) in [5, 5.41) is 30.1. The second-order valence-electron chi connectivity index (χ2n) is 2.93. The average molecular weight is 210 g/mol. The third-order valence-corrected chi connectivity index (χ3v) is 1.94. The van der Waals surface area contributed by atoms with E-state index in [1.807, 2.05) is 0 Å². The molecule has 0 saturated carbocycles. The molecule has 0 radical (unpaired) electrons. The maximum Gasteiger partial charge on any atom is 0.317 e. The summed E-state index contributed by atoms with van der Waals surface area (Å²) in [6.07, 6.45) is 0. The maximum atomic E-state index is 10.9. The number of aliphatic carboxylic acids is 1. The van der Waals surface area contributed by atoms with Crippen LogP contribution < -0.4 is 0 Å². The quantitative estimate of drug-likeness (QED) is 0.443. The van der Waals surface area contributed by atoms with E-state index in [4.69, 9.17) is 10.3 Å². The van der Waals surface area contributed by atoms with Gasteiger partial charge in [0, 0.05) is 0 Å². The molecule has 0 aromatic heterocycles. The zero-order chi connectivity index (χ0) is 11.3. The van der Waals surface area contributed by atoms with Gasteiger partial charge in [-0.3, -0.25) is 4.79 Å². The minimum absolute atomic E-state index is 0.0637. The lowest BCUT2D eigenvalue weighted by atomic mass is 10.00. The van der Waals surface area contributed by atoms with Gasteiger partial charge < -0.3 is 15.5 Å². The Morgan fingerprint density at radius 3 is 2.53 bits per heavy atom. The zero-order valence-corrected chi connectivity index (χ0v) is 7.78. The minimum Gasteiger partial charge on any atom is -0.597 e. The van der Waals surface area contributed by atoms with Gasteiger partial charge >= 0.3 is 5.97 Å². The van der Waals surface area contributed by atoms with Crippen LogP contribution in [0.3, 0.4) is 0 Å². The highest BCUT2D eigenvalue weighted by molar-refractivity contribution is 5.76. The van der Waals surface area contributed by atoms with Crippen molar-refractivity contribution in [2.24, 2.45) is 5.28 Å². The van der Waals surface area contributed by atoms with Crippen LogP contribution in [0.2, 0.25) is 0 Å². The van der Waals surface area contributed by atoms with Crippen molar-refractivity contribution in [3.8, 4) is 0 Å².